The predicted molar refractivity (Wildman–Crippen MR) is 88.4 cm³/mol. The highest BCUT2D eigenvalue weighted by molar-refractivity contribution is 5.95. The van der Waals surface area contributed by atoms with Crippen molar-refractivity contribution in [3.05, 3.63) is 23.8 Å². The van der Waals surface area contributed by atoms with Gasteiger partial charge in [-0.15, -0.1) is 0 Å². The van der Waals surface area contributed by atoms with Crippen LogP contribution in [-0.4, -0.2) is 40.6 Å². The lowest BCUT2D eigenvalue weighted by atomic mass is 9.67. The van der Waals surface area contributed by atoms with E-state index in [0.29, 0.717) is 18.4 Å². The number of fused-ring (bicyclic) bond motifs is 3. The van der Waals surface area contributed by atoms with E-state index < -0.39 is 35.2 Å². The normalized spacial score (nSPS) is 40.0. The molecule has 0 amide bonds. The van der Waals surface area contributed by atoms with E-state index in [1.54, 1.807) is 20.8 Å². The molecule has 0 aromatic carbocycles. The zero-order chi connectivity index (χ0) is 18.6. The van der Waals surface area contributed by atoms with Crippen LogP contribution < -0.4 is 0 Å². The van der Waals surface area contributed by atoms with Gasteiger partial charge in [0.1, 0.15) is 23.6 Å². The molecular formula is C19H24O6. The van der Waals surface area contributed by atoms with Crippen molar-refractivity contribution in [1.29, 1.82) is 0 Å². The lowest BCUT2D eigenvalue weighted by Crippen LogP contribution is -2.59. The van der Waals surface area contributed by atoms with E-state index in [4.69, 9.17) is 9.47 Å². The van der Waals surface area contributed by atoms with Crippen LogP contribution in [0.5, 0.6) is 0 Å². The van der Waals surface area contributed by atoms with Gasteiger partial charge in [-0.25, -0.2) is 9.59 Å². The lowest BCUT2D eigenvalue weighted by molar-refractivity contribution is -0.194. The first-order valence-corrected chi connectivity index (χ1v) is 8.62. The highest BCUT2D eigenvalue weighted by atomic mass is 16.6. The average molecular weight is 348 g/mol. The quantitative estimate of drug-likeness (QED) is 0.605. The van der Waals surface area contributed by atoms with E-state index >= 15 is 0 Å². The minimum atomic E-state index is -1.56. The van der Waals surface area contributed by atoms with Crippen LogP contribution in [0.15, 0.2) is 23.8 Å². The second-order valence-corrected chi connectivity index (χ2v) is 7.73. The Morgan fingerprint density at radius 2 is 2.04 bits per heavy atom. The minimum absolute atomic E-state index is 0.164. The zero-order valence-electron chi connectivity index (χ0n) is 14.8. The molecule has 2 saturated carbocycles. The Morgan fingerprint density at radius 3 is 2.68 bits per heavy atom. The van der Waals surface area contributed by atoms with E-state index in [1.165, 1.54) is 6.08 Å². The van der Waals surface area contributed by atoms with Gasteiger partial charge in [0.2, 0.25) is 0 Å². The number of Topliss-reactive ketones (excluding diaryl/α,β-unsaturated/α-hetero) is 1. The zero-order valence-corrected chi connectivity index (χ0v) is 14.8. The van der Waals surface area contributed by atoms with Crippen LogP contribution in [0.2, 0.25) is 0 Å². The van der Waals surface area contributed by atoms with Crippen molar-refractivity contribution in [2.75, 3.05) is 0 Å². The van der Waals surface area contributed by atoms with Gasteiger partial charge in [-0.05, 0) is 40.0 Å². The predicted octanol–water partition coefficient (Wildman–Crippen LogP) is 1.86. The van der Waals surface area contributed by atoms with Crippen molar-refractivity contribution in [2.24, 2.45) is 11.3 Å². The molecule has 3 fully saturated rings. The van der Waals surface area contributed by atoms with E-state index in [2.05, 4.69) is 6.58 Å². The Hall–Kier alpha value is -1.95. The van der Waals surface area contributed by atoms with Crippen molar-refractivity contribution in [3.63, 3.8) is 0 Å². The van der Waals surface area contributed by atoms with Gasteiger partial charge in [0.15, 0.2) is 0 Å². The topological polar surface area (TPSA) is 89.9 Å². The summed E-state index contributed by atoms with van der Waals surface area (Å²) in [5.74, 6) is -1.57. The molecule has 0 spiro atoms. The first-order chi connectivity index (χ1) is 11.6. The Balaban J connectivity index is 2.01. The second-order valence-electron chi connectivity index (χ2n) is 7.73. The number of aliphatic hydroxyl groups is 1. The SMILES string of the molecule is C=C1C(=O)O[C@@H]2[C@H]1CC[C@H](OC(=O)C=C(C)C)[C@]1(O)CCC(=O)[C@@]21C. The Bertz CT molecular complexity index is 688. The second kappa shape index (κ2) is 5.80. The molecule has 0 aromatic rings. The summed E-state index contributed by atoms with van der Waals surface area (Å²) in [6.45, 7) is 8.97. The van der Waals surface area contributed by atoms with Gasteiger partial charge in [0.25, 0.3) is 0 Å². The Labute approximate surface area is 146 Å². The molecule has 25 heavy (non-hydrogen) atoms. The molecule has 1 saturated heterocycles. The maximum Gasteiger partial charge on any atom is 0.334 e. The molecule has 3 rings (SSSR count). The summed E-state index contributed by atoms with van der Waals surface area (Å²) in [5, 5.41) is 11.4. The van der Waals surface area contributed by atoms with Crippen LogP contribution in [0.3, 0.4) is 0 Å². The summed E-state index contributed by atoms with van der Waals surface area (Å²) in [4.78, 5) is 36.8. The van der Waals surface area contributed by atoms with Gasteiger partial charge >= 0.3 is 11.9 Å². The molecule has 6 heteroatoms. The molecule has 0 unspecified atom stereocenters. The average Bonchev–Trinajstić information content (AvgIpc) is 2.91. The largest absolute Gasteiger partial charge is 0.457 e. The smallest absolute Gasteiger partial charge is 0.334 e. The van der Waals surface area contributed by atoms with Crippen molar-refractivity contribution in [3.8, 4) is 0 Å². The van der Waals surface area contributed by atoms with E-state index in [9.17, 15) is 19.5 Å². The fourth-order valence-corrected chi connectivity index (χ4v) is 4.55. The number of esters is 2. The number of ether oxygens (including phenoxy) is 2. The van der Waals surface area contributed by atoms with Gasteiger partial charge in [-0.3, -0.25) is 4.79 Å². The van der Waals surface area contributed by atoms with Crippen LogP contribution in [0, 0.1) is 11.3 Å². The summed E-state index contributed by atoms with van der Waals surface area (Å²) in [6.07, 6.45) is 0.927. The summed E-state index contributed by atoms with van der Waals surface area (Å²) < 4.78 is 11.0. The molecule has 1 N–H and O–H groups in total. The number of carbonyl (C=O) groups is 3. The molecule has 0 aromatic heterocycles. The van der Waals surface area contributed by atoms with Gasteiger partial charge in [0.05, 0.1) is 5.41 Å². The summed E-state index contributed by atoms with van der Waals surface area (Å²) in [6, 6.07) is 0. The van der Waals surface area contributed by atoms with Gasteiger partial charge in [-0.2, -0.15) is 0 Å². The molecule has 2 aliphatic carbocycles. The van der Waals surface area contributed by atoms with Crippen LogP contribution in [0.1, 0.15) is 46.5 Å². The van der Waals surface area contributed by atoms with Crippen LogP contribution in [0.4, 0.5) is 0 Å². The molecule has 1 heterocycles. The van der Waals surface area contributed by atoms with Gasteiger partial charge in [-0.1, -0.05) is 12.2 Å². The molecular weight excluding hydrogens is 324 g/mol. The molecule has 5 atom stereocenters. The van der Waals surface area contributed by atoms with Gasteiger partial charge in [0, 0.05) is 24.0 Å². The number of hydrogen-bond acceptors (Lipinski definition) is 6. The number of carbonyl (C=O) groups excluding carboxylic acids is 3. The summed E-state index contributed by atoms with van der Waals surface area (Å²) in [5.41, 5.74) is -1.75. The van der Waals surface area contributed by atoms with Gasteiger partial charge < -0.3 is 14.6 Å². The molecule has 1 aliphatic heterocycles. The maximum atomic E-state index is 12.7. The van der Waals surface area contributed by atoms with Crippen LogP contribution in [0.25, 0.3) is 0 Å². The number of rotatable bonds is 2. The highest BCUT2D eigenvalue weighted by Crippen LogP contribution is 2.57. The standard InChI is InChI=1S/C19H24O6/c1-10(2)9-15(21)24-14-6-5-12-11(3)17(22)25-16(12)18(4)13(20)7-8-19(14,18)23/h9,12,14,16,23H,3,5-8H2,1-2,4H3/t12-,14-,16+,18-,19+/m0/s1. The Kier molecular flexibility index (Phi) is 4.14. The summed E-state index contributed by atoms with van der Waals surface area (Å²) in [7, 11) is 0. The maximum absolute atomic E-state index is 12.7. The Morgan fingerprint density at radius 1 is 1.36 bits per heavy atom. The number of ketones is 1. The fraction of sp³-hybridized carbons (Fsp3) is 0.632. The molecule has 6 nitrogen and oxygen atoms in total. The van der Waals surface area contributed by atoms with Crippen LogP contribution >= 0.6 is 0 Å². The molecule has 0 bridgehead atoms. The minimum Gasteiger partial charge on any atom is -0.457 e. The van der Waals surface area contributed by atoms with Crippen LogP contribution in [-0.2, 0) is 23.9 Å². The van der Waals surface area contributed by atoms with Crippen molar-refractivity contribution in [2.45, 2.75) is 64.3 Å². The third kappa shape index (κ3) is 2.46. The monoisotopic (exact) mass is 348 g/mol. The first-order valence-electron chi connectivity index (χ1n) is 8.62. The first kappa shape index (κ1) is 17.9. The number of hydrogen-bond donors (Lipinski definition) is 1. The number of allylic oxidation sites excluding steroid dienone is 1. The van der Waals surface area contributed by atoms with E-state index in [-0.39, 0.29) is 24.5 Å². The third-order valence-corrected chi connectivity index (χ3v) is 6.03. The molecule has 136 valence electrons. The highest BCUT2D eigenvalue weighted by Gasteiger charge is 2.70. The van der Waals surface area contributed by atoms with E-state index in [1.807, 2.05) is 0 Å². The molecule has 0 radical (unpaired) electrons. The third-order valence-electron chi connectivity index (χ3n) is 6.03. The lowest BCUT2D eigenvalue weighted by Gasteiger charge is -2.43. The van der Waals surface area contributed by atoms with Crippen molar-refractivity contribution < 1.29 is 29.0 Å². The summed E-state index contributed by atoms with van der Waals surface area (Å²) >= 11 is 0. The fourth-order valence-electron chi connectivity index (χ4n) is 4.55. The molecule has 3 aliphatic rings. The van der Waals surface area contributed by atoms with Crippen molar-refractivity contribution >= 4 is 17.7 Å². The van der Waals surface area contributed by atoms with Crippen molar-refractivity contribution in [1.82, 2.24) is 0 Å². The van der Waals surface area contributed by atoms with E-state index in [0.717, 1.165) is 5.57 Å².